The second kappa shape index (κ2) is 13.9. The Morgan fingerprint density at radius 3 is 1.44 bits per heavy atom. The van der Waals surface area contributed by atoms with Crippen LogP contribution >= 0.6 is 11.3 Å². The molecule has 62 heavy (non-hydrogen) atoms. The van der Waals surface area contributed by atoms with Crippen molar-refractivity contribution in [3.8, 4) is 50.5 Å². The van der Waals surface area contributed by atoms with Gasteiger partial charge in [0.15, 0.2) is 0 Å². The summed E-state index contributed by atoms with van der Waals surface area (Å²) in [5.41, 5.74) is 12.3. The maximum atomic E-state index is 5.26. The van der Waals surface area contributed by atoms with E-state index in [4.69, 9.17) is 4.98 Å². The fourth-order valence-corrected chi connectivity index (χ4v) is 10.9. The predicted octanol–water partition coefficient (Wildman–Crippen LogP) is 16.7. The van der Waals surface area contributed by atoms with Crippen molar-refractivity contribution >= 4 is 85.6 Å². The normalized spacial score (nSPS) is 11.9. The molecule has 0 N–H and O–H groups in total. The smallest absolute Gasteiger partial charge is 0.0730 e. The van der Waals surface area contributed by atoms with E-state index in [-0.39, 0.29) is 0 Å². The molecule has 0 aliphatic heterocycles. The Morgan fingerprint density at radius 1 is 0.274 bits per heavy atom. The van der Waals surface area contributed by atoms with Crippen molar-refractivity contribution in [1.82, 2.24) is 9.55 Å². The van der Waals surface area contributed by atoms with Gasteiger partial charge in [-0.3, -0.25) is 0 Å². The Morgan fingerprint density at radius 2 is 0.742 bits per heavy atom. The standard InChI is InChI=1S/C59H36N2S/c1-4-14-37(15-5-1)40-25-28-56-51(31-40)52-35-49-46-27-24-41(42-26-29-59-53(32-42)47-22-12-13-23-58(47)62-59)30-48(46)44-20-10-11-21-45(44)50(49)36-57(52)61(56)43-33-54(38-16-6-2-7-17-38)60-55(34-43)39-18-8-3-9-19-39/h1-36H. The minimum Gasteiger partial charge on any atom is -0.309 e. The van der Waals surface area contributed by atoms with Crippen LogP contribution in [0.25, 0.3) is 125 Å². The van der Waals surface area contributed by atoms with E-state index >= 15 is 0 Å². The Labute approximate surface area is 362 Å². The summed E-state index contributed by atoms with van der Waals surface area (Å²) in [4.78, 5) is 5.26. The number of thiophene rings is 1. The van der Waals surface area contributed by atoms with Crippen molar-refractivity contribution in [2.24, 2.45) is 0 Å². The summed E-state index contributed by atoms with van der Waals surface area (Å²) in [5, 5.41) is 12.6. The molecule has 0 aliphatic rings. The molecule has 288 valence electrons. The number of fused-ring (bicyclic) bond motifs is 12. The molecule has 0 bridgehead atoms. The van der Waals surface area contributed by atoms with Crippen LogP contribution in [0, 0.1) is 0 Å². The molecule has 0 radical (unpaired) electrons. The van der Waals surface area contributed by atoms with Gasteiger partial charge in [0, 0.05) is 42.1 Å². The zero-order valence-corrected chi connectivity index (χ0v) is 34.4. The fourth-order valence-electron chi connectivity index (χ4n) is 9.80. The van der Waals surface area contributed by atoms with Crippen molar-refractivity contribution in [2.45, 2.75) is 0 Å². The first-order chi connectivity index (χ1) is 30.7. The first kappa shape index (κ1) is 35.0. The molecule has 0 spiro atoms. The highest BCUT2D eigenvalue weighted by atomic mass is 32.1. The number of benzene rings is 10. The molecule has 3 heterocycles. The fraction of sp³-hybridized carbons (Fsp3) is 0. The van der Waals surface area contributed by atoms with E-state index in [1.807, 2.05) is 11.3 Å². The molecule has 0 fully saturated rings. The average Bonchev–Trinajstić information content (AvgIpc) is 3.88. The molecule has 0 amide bonds. The first-order valence-corrected chi connectivity index (χ1v) is 22.0. The Balaban J connectivity index is 1.10. The molecular weight excluding hydrogens is 769 g/mol. The summed E-state index contributed by atoms with van der Waals surface area (Å²) < 4.78 is 5.12. The van der Waals surface area contributed by atoms with Gasteiger partial charge in [0.1, 0.15) is 0 Å². The zero-order valence-electron chi connectivity index (χ0n) is 33.6. The van der Waals surface area contributed by atoms with Crippen molar-refractivity contribution < 1.29 is 0 Å². The van der Waals surface area contributed by atoms with E-state index in [1.54, 1.807) is 0 Å². The van der Waals surface area contributed by atoms with Gasteiger partial charge in [0.2, 0.25) is 0 Å². The minimum atomic E-state index is 0.942. The summed E-state index contributed by atoms with van der Waals surface area (Å²) in [7, 11) is 0. The van der Waals surface area contributed by atoms with E-state index in [2.05, 4.69) is 223 Å². The van der Waals surface area contributed by atoms with Gasteiger partial charge in [-0.25, -0.2) is 4.98 Å². The zero-order chi connectivity index (χ0) is 40.7. The molecule has 2 nitrogen and oxygen atoms in total. The second-order valence-electron chi connectivity index (χ2n) is 16.3. The third-order valence-corrected chi connectivity index (χ3v) is 13.9. The number of aromatic nitrogens is 2. The van der Waals surface area contributed by atoms with Gasteiger partial charge >= 0.3 is 0 Å². The van der Waals surface area contributed by atoms with E-state index in [0.29, 0.717) is 0 Å². The second-order valence-corrected chi connectivity index (χ2v) is 17.4. The van der Waals surface area contributed by atoms with Gasteiger partial charge in [0.05, 0.1) is 28.1 Å². The van der Waals surface area contributed by atoms with Crippen LogP contribution in [0.5, 0.6) is 0 Å². The molecule has 0 atom stereocenters. The highest BCUT2D eigenvalue weighted by Crippen LogP contribution is 2.44. The molecule has 10 aromatic carbocycles. The monoisotopic (exact) mass is 804 g/mol. The minimum absolute atomic E-state index is 0.942. The maximum absolute atomic E-state index is 5.26. The maximum Gasteiger partial charge on any atom is 0.0730 e. The van der Waals surface area contributed by atoms with Crippen LogP contribution in [-0.2, 0) is 0 Å². The number of rotatable bonds is 5. The van der Waals surface area contributed by atoms with Crippen molar-refractivity contribution in [3.05, 3.63) is 218 Å². The Kier molecular flexibility index (Phi) is 7.81. The highest BCUT2D eigenvalue weighted by Gasteiger charge is 2.20. The van der Waals surface area contributed by atoms with Crippen molar-refractivity contribution in [1.29, 1.82) is 0 Å². The van der Waals surface area contributed by atoms with Crippen LogP contribution in [0.1, 0.15) is 0 Å². The van der Waals surface area contributed by atoms with Gasteiger partial charge in [-0.1, -0.05) is 158 Å². The van der Waals surface area contributed by atoms with Crippen molar-refractivity contribution in [3.63, 3.8) is 0 Å². The Hall–Kier alpha value is -7.85. The molecule has 13 aromatic rings. The lowest BCUT2D eigenvalue weighted by atomic mass is 9.91. The molecule has 0 saturated carbocycles. The predicted molar refractivity (Wildman–Crippen MR) is 266 cm³/mol. The van der Waals surface area contributed by atoms with Crippen LogP contribution < -0.4 is 0 Å². The first-order valence-electron chi connectivity index (χ1n) is 21.2. The molecule has 0 unspecified atom stereocenters. The van der Waals surface area contributed by atoms with E-state index in [1.165, 1.54) is 91.0 Å². The summed E-state index contributed by atoms with van der Waals surface area (Å²) in [6.07, 6.45) is 0. The van der Waals surface area contributed by atoms with Gasteiger partial charge in [-0.05, 0) is 115 Å². The highest BCUT2D eigenvalue weighted by molar-refractivity contribution is 7.25. The van der Waals surface area contributed by atoms with E-state index in [9.17, 15) is 0 Å². The average molecular weight is 805 g/mol. The molecular formula is C59H36N2S. The summed E-state index contributed by atoms with van der Waals surface area (Å²) in [6, 6.07) is 80.0. The van der Waals surface area contributed by atoms with Crippen LogP contribution in [0.2, 0.25) is 0 Å². The third-order valence-electron chi connectivity index (χ3n) is 12.7. The summed E-state index contributed by atoms with van der Waals surface area (Å²) in [5.74, 6) is 0. The van der Waals surface area contributed by atoms with Gasteiger partial charge in [-0.15, -0.1) is 11.3 Å². The van der Waals surface area contributed by atoms with Crippen LogP contribution in [-0.4, -0.2) is 9.55 Å². The SMILES string of the molecule is c1ccc(-c2ccc3c(c2)c2cc4c5ccc(-c6ccc7sc8ccccc8c7c6)cc5c5ccccc5c4cc2n3-c2cc(-c3ccccc3)nc(-c3ccccc3)c2)cc1. The largest absolute Gasteiger partial charge is 0.309 e. The number of pyridine rings is 1. The molecule has 3 heteroatoms. The summed E-state index contributed by atoms with van der Waals surface area (Å²) in [6.45, 7) is 0. The topological polar surface area (TPSA) is 17.8 Å². The lowest BCUT2D eigenvalue weighted by molar-refractivity contribution is 1.16. The quantitative estimate of drug-likeness (QED) is 0.158. The number of hydrogen-bond acceptors (Lipinski definition) is 2. The molecule has 0 saturated heterocycles. The van der Waals surface area contributed by atoms with Crippen molar-refractivity contribution in [2.75, 3.05) is 0 Å². The van der Waals surface area contributed by atoms with Crippen LogP contribution in [0.4, 0.5) is 0 Å². The molecule has 13 rings (SSSR count). The van der Waals surface area contributed by atoms with E-state index < -0.39 is 0 Å². The van der Waals surface area contributed by atoms with E-state index in [0.717, 1.165) is 33.7 Å². The third kappa shape index (κ3) is 5.52. The van der Waals surface area contributed by atoms with Crippen LogP contribution in [0.3, 0.4) is 0 Å². The van der Waals surface area contributed by atoms with Gasteiger partial charge in [0.25, 0.3) is 0 Å². The molecule has 0 aliphatic carbocycles. The Bertz CT molecular complexity index is 3840. The van der Waals surface area contributed by atoms with Gasteiger partial charge in [-0.2, -0.15) is 0 Å². The lowest BCUT2D eigenvalue weighted by Gasteiger charge is -2.15. The molecule has 3 aromatic heterocycles. The lowest BCUT2D eigenvalue weighted by Crippen LogP contribution is -1.98. The number of nitrogens with zero attached hydrogens (tertiary/aromatic N) is 2. The van der Waals surface area contributed by atoms with Crippen LogP contribution in [0.15, 0.2) is 218 Å². The number of hydrogen-bond donors (Lipinski definition) is 0. The summed E-state index contributed by atoms with van der Waals surface area (Å²) >= 11 is 1.87. The van der Waals surface area contributed by atoms with Gasteiger partial charge < -0.3 is 4.57 Å².